The molecule has 0 spiro atoms. The summed E-state index contributed by atoms with van der Waals surface area (Å²) in [7, 11) is 0. The monoisotopic (exact) mass is 390 g/mol. The Morgan fingerprint density at radius 1 is 1.07 bits per heavy atom. The van der Waals surface area contributed by atoms with E-state index < -0.39 is 0 Å². The van der Waals surface area contributed by atoms with E-state index in [1.807, 2.05) is 47.4 Å². The molecule has 1 aromatic heterocycles. The first-order valence-electron chi connectivity index (χ1n) is 10.1. The standard InChI is InChI=1S/C23H26N4O2/c1-15(2)16-3-5-17(6-4-16)22(28)26-19-9-11-27(12-10-19)23(29)18-7-8-20-21(13-18)25-14-24-20/h3-8,13-15,19H,9-12H2,1-2H3,(H,24,25)(H,26,28). The fourth-order valence-electron chi connectivity index (χ4n) is 3.77. The maximum Gasteiger partial charge on any atom is 0.253 e. The molecule has 0 bridgehead atoms. The number of amides is 2. The molecular weight excluding hydrogens is 364 g/mol. The van der Waals surface area contributed by atoms with Gasteiger partial charge in [0.2, 0.25) is 0 Å². The lowest BCUT2D eigenvalue weighted by Crippen LogP contribution is -2.46. The van der Waals surface area contributed by atoms with Crippen LogP contribution in [0.3, 0.4) is 0 Å². The first-order valence-corrected chi connectivity index (χ1v) is 10.1. The number of aromatic nitrogens is 2. The van der Waals surface area contributed by atoms with Gasteiger partial charge in [-0.15, -0.1) is 0 Å². The minimum Gasteiger partial charge on any atom is -0.349 e. The highest BCUT2D eigenvalue weighted by molar-refractivity contribution is 5.97. The van der Waals surface area contributed by atoms with Gasteiger partial charge >= 0.3 is 0 Å². The average Bonchev–Trinajstić information content (AvgIpc) is 3.21. The van der Waals surface area contributed by atoms with Crippen molar-refractivity contribution in [2.45, 2.75) is 38.6 Å². The number of carbonyl (C=O) groups is 2. The van der Waals surface area contributed by atoms with E-state index in [9.17, 15) is 9.59 Å². The minimum atomic E-state index is -0.0465. The third-order valence-electron chi connectivity index (χ3n) is 5.62. The molecule has 150 valence electrons. The van der Waals surface area contributed by atoms with E-state index in [-0.39, 0.29) is 17.9 Å². The molecule has 29 heavy (non-hydrogen) atoms. The molecule has 2 heterocycles. The first kappa shape index (κ1) is 19.2. The summed E-state index contributed by atoms with van der Waals surface area (Å²) in [4.78, 5) is 34.4. The second kappa shape index (κ2) is 8.07. The van der Waals surface area contributed by atoms with Gasteiger partial charge in [-0.25, -0.2) is 4.98 Å². The van der Waals surface area contributed by atoms with Crippen LogP contribution in [-0.4, -0.2) is 45.8 Å². The Bertz CT molecular complexity index is 1010. The second-order valence-electron chi connectivity index (χ2n) is 7.95. The van der Waals surface area contributed by atoms with Crippen molar-refractivity contribution in [2.75, 3.05) is 13.1 Å². The van der Waals surface area contributed by atoms with Gasteiger partial charge in [-0.3, -0.25) is 9.59 Å². The van der Waals surface area contributed by atoms with Gasteiger partial charge in [0.05, 0.1) is 17.4 Å². The SMILES string of the molecule is CC(C)c1ccc(C(=O)NC2CCN(C(=O)c3ccc4nc[nH]c4c3)CC2)cc1. The number of benzene rings is 2. The van der Waals surface area contributed by atoms with Crippen molar-refractivity contribution in [1.29, 1.82) is 0 Å². The molecule has 4 rings (SSSR count). The Labute approximate surface area is 170 Å². The Morgan fingerprint density at radius 2 is 1.76 bits per heavy atom. The predicted octanol–water partition coefficient (Wildman–Crippen LogP) is 3.72. The molecule has 0 unspecified atom stereocenters. The van der Waals surface area contributed by atoms with Crippen LogP contribution in [-0.2, 0) is 0 Å². The van der Waals surface area contributed by atoms with Gasteiger partial charge in [0.25, 0.3) is 11.8 Å². The van der Waals surface area contributed by atoms with E-state index in [0.29, 0.717) is 30.1 Å². The van der Waals surface area contributed by atoms with Crippen LogP contribution in [0.5, 0.6) is 0 Å². The van der Waals surface area contributed by atoms with Crippen LogP contribution < -0.4 is 5.32 Å². The number of fused-ring (bicyclic) bond motifs is 1. The molecule has 1 aliphatic rings. The third-order valence-corrected chi connectivity index (χ3v) is 5.62. The molecule has 1 saturated heterocycles. The Balaban J connectivity index is 1.32. The molecule has 0 atom stereocenters. The van der Waals surface area contributed by atoms with E-state index in [4.69, 9.17) is 0 Å². The molecule has 2 N–H and O–H groups in total. The molecule has 2 amide bonds. The highest BCUT2D eigenvalue weighted by Crippen LogP contribution is 2.18. The Hall–Kier alpha value is -3.15. The number of carbonyl (C=O) groups excluding carboxylic acids is 2. The number of piperidine rings is 1. The second-order valence-corrected chi connectivity index (χ2v) is 7.95. The van der Waals surface area contributed by atoms with E-state index in [1.165, 1.54) is 5.56 Å². The summed E-state index contributed by atoms with van der Waals surface area (Å²) in [6.45, 7) is 5.54. The summed E-state index contributed by atoms with van der Waals surface area (Å²) in [5.74, 6) is 0.424. The molecule has 0 saturated carbocycles. The van der Waals surface area contributed by atoms with Gasteiger partial charge in [-0.1, -0.05) is 26.0 Å². The van der Waals surface area contributed by atoms with Crippen LogP contribution in [0.1, 0.15) is 58.9 Å². The van der Waals surface area contributed by atoms with E-state index in [0.717, 1.165) is 23.9 Å². The Kier molecular flexibility index (Phi) is 5.34. The smallest absolute Gasteiger partial charge is 0.253 e. The number of H-pyrrole nitrogens is 1. The first-order chi connectivity index (χ1) is 14.0. The third kappa shape index (κ3) is 4.16. The van der Waals surface area contributed by atoms with Crippen molar-refractivity contribution in [2.24, 2.45) is 0 Å². The van der Waals surface area contributed by atoms with E-state index in [2.05, 4.69) is 29.1 Å². The normalized spacial score (nSPS) is 15.1. The van der Waals surface area contributed by atoms with Gasteiger partial charge in [0.1, 0.15) is 0 Å². The van der Waals surface area contributed by atoms with Crippen molar-refractivity contribution in [3.8, 4) is 0 Å². The van der Waals surface area contributed by atoms with E-state index in [1.54, 1.807) is 6.33 Å². The molecule has 0 aliphatic carbocycles. The molecular formula is C23H26N4O2. The molecule has 6 nitrogen and oxygen atoms in total. The molecule has 2 aromatic carbocycles. The Morgan fingerprint density at radius 3 is 2.45 bits per heavy atom. The van der Waals surface area contributed by atoms with Gasteiger partial charge in [0, 0.05) is 30.3 Å². The van der Waals surface area contributed by atoms with Crippen LogP contribution in [0.15, 0.2) is 48.8 Å². The number of nitrogens with one attached hydrogen (secondary N) is 2. The number of hydrogen-bond donors (Lipinski definition) is 2. The summed E-state index contributed by atoms with van der Waals surface area (Å²) in [5.41, 5.74) is 4.28. The van der Waals surface area contributed by atoms with Crippen molar-refractivity contribution in [3.05, 3.63) is 65.5 Å². The zero-order valence-corrected chi connectivity index (χ0v) is 16.8. The number of rotatable bonds is 4. The maximum absolute atomic E-state index is 12.8. The number of imidazole rings is 1. The lowest BCUT2D eigenvalue weighted by molar-refractivity contribution is 0.0698. The van der Waals surface area contributed by atoms with Gasteiger partial charge in [0.15, 0.2) is 0 Å². The lowest BCUT2D eigenvalue weighted by Gasteiger charge is -2.32. The van der Waals surface area contributed by atoms with Gasteiger partial charge in [-0.2, -0.15) is 0 Å². The van der Waals surface area contributed by atoms with Crippen LogP contribution in [0, 0.1) is 0 Å². The summed E-state index contributed by atoms with van der Waals surface area (Å²) in [6, 6.07) is 13.4. The fraction of sp³-hybridized carbons (Fsp3) is 0.348. The van der Waals surface area contributed by atoms with Crippen LogP contribution >= 0.6 is 0 Å². The quantitative estimate of drug-likeness (QED) is 0.713. The maximum atomic E-state index is 12.8. The predicted molar refractivity (Wildman–Crippen MR) is 113 cm³/mol. The molecule has 1 fully saturated rings. The number of nitrogens with zero attached hydrogens (tertiary/aromatic N) is 2. The highest BCUT2D eigenvalue weighted by Gasteiger charge is 2.25. The summed E-state index contributed by atoms with van der Waals surface area (Å²) < 4.78 is 0. The average molecular weight is 390 g/mol. The highest BCUT2D eigenvalue weighted by atomic mass is 16.2. The van der Waals surface area contributed by atoms with Crippen molar-refractivity contribution in [1.82, 2.24) is 20.2 Å². The zero-order valence-electron chi connectivity index (χ0n) is 16.8. The minimum absolute atomic E-state index is 0.0237. The van der Waals surface area contributed by atoms with Crippen LogP contribution in [0.2, 0.25) is 0 Å². The summed E-state index contributed by atoms with van der Waals surface area (Å²) in [5, 5.41) is 3.11. The molecule has 6 heteroatoms. The lowest BCUT2D eigenvalue weighted by atomic mass is 10.0. The van der Waals surface area contributed by atoms with Crippen molar-refractivity contribution in [3.63, 3.8) is 0 Å². The van der Waals surface area contributed by atoms with Gasteiger partial charge in [-0.05, 0) is 54.7 Å². The topological polar surface area (TPSA) is 78.1 Å². The molecule has 0 radical (unpaired) electrons. The molecule has 1 aliphatic heterocycles. The zero-order chi connectivity index (χ0) is 20.4. The number of likely N-dealkylation sites (tertiary alicyclic amines) is 1. The van der Waals surface area contributed by atoms with Gasteiger partial charge < -0.3 is 15.2 Å². The largest absolute Gasteiger partial charge is 0.349 e. The number of aromatic amines is 1. The van der Waals surface area contributed by atoms with Crippen LogP contribution in [0.25, 0.3) is 11.0 Å². The van der Waals surface area contributed by atoms with Crippen LogP contribution in [0.4, 0.5) is 0 Å². The summed E-state index contributed by atoms with van der Waals surface area (Å²) in [6.07, 6.45) is 3.14. The summed E-state index contributed by atoms with van der Waals surface area (Å²) >= 11 is 0. The van der Waals surface area contributed by atoms with E-state index >= 15 is 0 Å². The van der Waals surface area contributed by atoms with Crippen molar-refractivity contribution < 1.29 is 9.59 Å². The van der Waals surface area contributed by atoms with Crippen molar-refractivity contribution >= 4 is 22.8 Å². The molecule has 3 aromatic rings. The fourth-order valence-corrected chi connectivity index (χ4v) is 3.77. The number of hydrogen-bond acceptors (Lipinski definition) is 3.